The molecule has 0 aliphatic carbocycles. The molecule has 1 atom stereocenters. The van der Waals surface area contributed by atoms with Crippen molar-refractivity contribution in [1.82, 2.24) is 4.90 Å². The largest absolute Gasteiger partial charge is 0.464 e. The zero-order valence-corrected chi connectivity index (χ0v) is 16.0. The molecule has 0 heterocycles. The van der Waals surface area contributed by atoms with Crippen LogP contribution in [0.25, 0.3) is 0 Å². The summed E-state index contributed by atoms with van der Waals surface area (Å²) in [4.78, 5) is 26.4. The summed E-state index contributed by atoms with van der Waals surface area (Å²) in [6.45, 7) is 6.38. The van der Waals surface area contributed by atoms with Crippen molar-refractivity contribution in [2.45, 2.75) is 58.9 Å². The van der Waals surface area contributed by atoms with Crippen LogP contribution in [0.1, 0.15) is 52.0 Å². The second-order valence-corrected chi connectivity index (χ2v) is 6.05. The van der Waals surface area contributed by atoms with Gasteiger partial charge < -0.3 is 9.47 Å². The van der Waals surface area contributed by atoms with Gasteiger partial charge in [0.05, 0.1) is 13.2 Å². The number of benzene rings is 1. The lowest BCUT2D eigenvalue weighted by molar-refractivity contribution is -0.149. The van der Waals surface area contributed by atoms with E-state index in [9.17, 15) is 14.0 Å². The van der Waals surface area contributed by atoms with Crippen LogP contribution in [-0.4, -0.2) is 42.8 Å². The fraction of sp³-hybridized carbons (Fsp3) is 0.600. The van der Waals surface area contributed by atoms with Gasteiger partial charge in [-0.3, -0.25) is 4.90 Å². The molecule has 0 saturated heterocycles. The van der Waals surface area contributed by atoms with Crippen LogP contribution in [0.15, 0.2) is 24.3 Å². The maximum atomic E-state index is 13.5. The standard InChI is InChI=1S/C20H30FNO4/c1-4-7-8-9-13-22(20(24)26-6-3)18(19(23)25-5-2)15-16-11-10-12-17(21)14-16/h10-12,14,18H,4-9,13,15H2,1-3H3. The summed E-state index contributed by atoms with van der Waals surface area (Å²) in [5.41, 5.74) is 0.630. The first-order valence-electron chi connectivity index (χ1n) is 9.37. The first-order valence-corrected chi connectivity index (χ1v) is 9.37. The molecule has 0 fully saturated rings. The van der Waals surface area contributed by atoms with Crippen LogP contribution in [0.5, 0.6) is 0 Å². The van der Waals surface area contributed by atoms with E-state index in [1.165, 1.54) is 17.0 Å². The Balaban J connectivity index is 3.01. The molecule has 1 aromatic carbocycles. The first kappa shape index (κ1) is 21.9. The number of rotatable bonds is 11. The quantitative estimate of drug-likeness (QED) is 0.431. The van der Waals surface area contributed by atoms with Gasteiger partial charge in [-0.1, -0.05) is 38.3 Å². The summed E-state index contributed by atoms with van der Waals surface area (Å²) in [6.07, 6.45) is 3.50. The van der Waals surface area contributed by atoms with E-state index in [2.05, 4.69) is 6.92 Å². The van der Waals surface area contributed by atoms with Crippen LogP contribution in [0.2, 0.25) is 0 Å². The minimum absolute atomic E-state index is 0.184. The van der Waals surface area contributed by atoms with Crippen LogP contribution >= 0.6 is 0 Å². The van der Waals surface area contributed by atoms with Crippen molar-refractivity contribution in [3.05, 3.63) is 35.6 Å². The Labute approximate surface area is 155 Å². The van der Waals surface area contributed by atoms with Gasteiger partial charge in [0.25, 0.3) is 0 Å². The van der Waals surface area contributed by atoms with Gasteiger partial charge in [-0.2, -0.15) is 0 Å². The first-order chi connectivity index (χ1) is 12.5. The molecule has 0 bridgehead atoms. The van der Waals surface area contributed by atoms with E-state index in [-0.39, 0.29) is 25.5 Å². The van der Waals surface area contributed by atoms with Gasteiger partial charge in [0, 0.05) is 13.0 Å². The predicted octanol–water partition coefficient (Wildman–Crippen LogP) is 4.34. The van der Waals surface area contributed by atoms with Crippen LogP contribution in [0.3, 0.4) is 0 Å². The molecule has 0 aliphatic heterocycles. The fourth-order valence-corrected chi connectivity index (χ4v) is 2.74. The lowest BCUT2D eigenvalue weighted by Crippen LogP contribution is -2.48. The number of nitrogens with zero attached hydrogens (tertiary/aromatic N) is 1. The smallest absolute Gasteiger partial charge is 0.410 e. The lowest BCUT2D eigenvalue weighted by Gasteiger charge is -2.29. The van der Waals surface area contributed by atoms with Crippen molar-refractivity contribution in [3.63, 3.8) is 0 Å². The van der Waals surface area contributed by atoms with E-state index in [1.807, 2.05) is 0 Å². The van der Waals surface area contributed by atoms with Crippen LogP contribution in [0, 0.1) is 5.82 Å². The number of amides is 1. The highest BCUT2D eigenvalue weighted by Gasteiger charge is 2.32. The van der Waals surface area contributed by atoms with Gasteiger partial charge in [0.2, 0.25) is 0 Å². The molecule has 0 spiro atoms. The number of hydrogen-bond donors (Lipinski definition) is 0. The van der Waals surface area contributed by atoms with Crippen molar-refractivity contribution in [1.29, 1.82) is 0 Å². The van der Waals surface area contributed by atoms with Crippen molar-refractivity contribution >= 4 is 12.1 Å². The molecule has 1 rings (SSSR count). The summed E-state index contributed by atoms with van der Waals surface area (Å²) in [5.74, 6) is -0.879. The molecular formula is C20H30FNO4. The van der Waals surface area contributed by atoms with Gasteiger partial charge in [-0.05, 0) is 38.0 Å². The van der Waals surface area contributed by atoms with Crippen LogP contribution in [-0.2, 0) is 20.7 Å². The molecule has 0 saturated carbocycles. The highest BCUT2D eigenvalue weighted by molar-refractivity contribution is 5.81. The second-order valence-electron chi connectivity index (χ2n) is 6.05. The Hall–Kier alpha value is -2.11. The van der Waals surface area contributed by atoms with Crippen molar-refractivity contribution in [2.24, 2.45) is 0 Å². The van der Waals surface area contributed by atoms with Gasteiger partial charge in [-0.25, -0.2) is 14.0 Å². The van der Waals surface area contributed by atoms with Crippen molar-refractivity contribution < 1.29 is 23.5 Å². The topological polar surface area (TPSA) is 55.8 Å². The molecule has 6 heteroatoms. The van der Waals surface area contributed by atoms with E-state index >= 15 is 0 Å². The molecule has 5 nitrogen and oxygen atoms in total. The number of halogens is 1. The average molecular weight is 367 g/mol. The predicted molar refractivity (Wildman–Crippen MR) is 98.4 cm³/mol. The van der Waals surface area contributed by atoms with E-state index < -0.39 is 18.1 Å². The van der Waals surface area contributed by atoms with Gasteiger partial charge in [-0.15, -0.1) is 0 Å². The zero-order valence-electron chi connectivity index (χ0n) is 16.0. The Morgan fingerprint density at radius 2 is 1.81 bits per heavy atom. The number of esters is 1. The summed E-state index contributed by atoms with van der Waals surface area (Å²) in [5, 5.41) is 0. The summed E-state index contributed by atoms with van der Waals surface area (Å²) in [7, 11) is 0. The molecule has 0 N–H and O–H groups in total. The lowest BCUT2D eigenvalue weighted by atomic mass is 10.0. The summed E-state index contributed by atoms with van der Waals surface area (Å²) >= 11 is 0. The number of ether oxygens (including phenoxy) is 2. The van der Waals surface area contributed by atoms with E-state index in [1.54, 1.807) is 26.0 Å². The molecule has 1 amide bonds. The second kappa shape index (κ2) is 12.3. The van der Waals surface area contributed by atoms with Gasteiger partial charge >= 0.3 is 12.1 Å². The maximum absolute atomic E-state index is 13.5. The fourth-order valence-electron chi connectivity index (χ4n) is 2.74. The Morgan fingerprint density at radius 3 is 2.42 bits per heavy atom. The molecule has 146 valence electrons. The molecule has 26 heavy (non-hydrogen) atoms. The van der Waals surface area contributed by atoms with Crippen molar-refractivity contribution in [3.8, 4) is 0 Å². The number of carbonyl (C=O) groups is 2. The third-order valence-corrected chi connectivity index (χ3v) is 4.01. The monoisotopic (exact) mass is 367 g/mol. The highest BCUT2D eigenvalue weighted by Crippen LogP contribution is 2.15. The number of carbonyl (C=O) groups excluding carboxylic acids is 2. The van der Waals surface area contributed by atoms with E-state index in [0.29, 0.717) is 12.1 Å². The number of unbranched alkanes of at least 4 members (excludes halogenated alkanes) is 3. The third-order valence-electron chi connectivity index (χ3n) is 4.01. The molecule has 0 aliphatic rings. The molecule has 0 radical (unpaired) electrons. The Morgan fingerprint density at radius 1 is 1.08 bits per heavy atom. The zero-order chi connectivity index (χ0) is 19.4. The third kappa shape index (κ3) is 7.42. The normalized spacial score (nSPS) is 11.7. The van der Waals surface area contributed by atoms with Gasteiger partial charge in [0.1, 0.15) is 11.9 Å². The summed E-state index contributed by atoms with van der Waals surface area (Å²) < 4.78 is 23.8. The van der Waals surface area contributed by atoms with Crippen LogP contribution in [0.4, 0.5) is 9.18 Å². The van der Waals surface area contributed by atoms with E-state index in [0.717, 1.165) is 25.7 Å². The maximum Gasteiger partial charge on any atom is 0.410 e. The average Bonchev–Trinajstić information content (AvgIpc) is 2.61. The summed E-state index contributed by atoms with van der Waals surface area (Å²) in [6, 6.07) is 5.19. The Bertz CT molecular complexity index is 564. The highest BCUT2D eigenvalue weighted by atomic mass is 19.1. The van der Waals surface area contributed by atoms with Gasteiger partial charge in [0.15, 0.2) is 0 Å². The minimum Gasteiger partial charge on any atom is -0.464 e. The minimum atomic E-state index is -0.836. The Kier molecular flexibility index (Phi) is 10.4. The molecule has 0 aromatic heterocycles. The van der Waals surface area contributed by atoms with Crippen LogP contribution < -0.4 is 0 Å². The number of hydrogen-bond acceptors (Lipinski definition) is 4. The van der Waals surface area contributed by atoms with Crippen molar-refractivity contribution in [2.75, 3.05) is 19.8 Å². The molecular weight excluding hydrogens is 337 g/mol. The molecule has 1 aromatic rings. The van der Waals surface area contributed by atoms with E-state index in [4.69, 9.17) is 9.47 Å². The SMILES string of the molecule is CCCCCCN(C(=O)OCC)C(Cc1cccc(F)c1)C(=O)OCC. The molecule has 1 unspecified atom stereocenters.